The molecule has 2 heterocycles. The molecule has 0 unspecified atom stereocenters. The van der Waals surface area contributed by atoms with E-state index in [-0.39, 0.29) is 5.69 Å². The number of pyridine rings is 1. The first-order valence-electron chi connectivity index (χ1n) is 6.36. The van der Waals surface area contributed by atoms with Crippen LogP contribution in [0.2, 0.25) is 0 Å². The molecule has 0 aliphatic carbocycles. The predicted molar refractivity (Wildman–Crippen MR) is 75.5 cm³/mol. The van der Waals surface area contributed by atoms with E-state index in [2.05, 4.69) is 15.3 Å². The van der Waals surface area contributed by atoms with Crippen molar-refractivity contribution in [1.82, 2.24) is 9.97 Å². The molecule has 7 heteroatoms. The maximum absolute atomic E-state index is 12.6. The number of nitrogens with one attached hydrogen (secondary N) is 2. The molecule has 112 valence electrons. The second-order valence-electron chi connectivity index (χ2n) is 4.65. The maximum atomic E-state index is 12.6. The van der Waals surface area contributed by atoms with Gasteiger partial charge in [-0.1, -0.05) is 6.07 Å². The first kappa shape index (κ1) is 14.1. The summed E-state index contributed by atoms with van der Waals surface area (Å²) in [6.45, 7) is 0. The van der Waals surface area contributed by atoms with Gasteiger partial charge in [-0.15, -0.1) is 0 Å². The molecule has 2 aromatic heterocycles. The van der Waals surface area contributed by atoms with Crippen LogP contribution in [0.15, 0.2) is 48.7 Å². The average molecular weight is 305 g/mol. The third-order valence-corrected chi connectivity index (χ3v) is 3.08. The highest BCUT2D eigenvalue weighted by Gasteiger charge is 2.32. The number of aromatic amines is 1. The summed E-state index contributed by atoms with van der Waals surface area (Å²) in [4.78, 5) is 18.2. The Hall–Kier alpha value is -2.83. The molecular weight excluding hydrogens is 295 g/mol. The number of anilines is 1. The van der Waals surface area contributed by atoms with Gasteiger partial charge in [0.1, 0.15) is 11.4 Å². The third kappa shape index (κ3) is 2.78. The first-order chi connectivity index (χ1) is 10.4. The van der Waals surface area contributed by atoms with Crippen LogP contribution in [0.1, 0.15) is 16.2 Å². The molecule has 1 amide bonds. The summed E-state index contributed by atoms with van der Waals surface area (Å²) in [6, 6.07) is 10.4. The fourth-order valence-corrected chi connectivity index (χ4v) is 2.06. The Morgan fingerprint density at radius 3 is 2.64 bits per heavy atom. The summed E-state index contributed by atoms with van der Waals surface area (Å²) >= 11 is 0. The average Bonchev–Trinajstić information content (AvgIpc) is 2.91. The number of amides is 1. The highest BCUT2D eigenvalue weighted by molar-refractivity contribution is 6.03. The first-order valence-corrected chi connectivity index (χ1v) is 6.36. The van der Waals surface area contributed by atoms with Crippen LogP contribution in [0.3, 0.4) is 0 Å². The van der Waals surface area contributed by atoms with Crippen molar-refractivity contribution >= 4 is 22.5 Å². The summed E-state index contributed by atoms with van der Waals surface area (Å²) in [5.41, 5.74) is 0.155. The minimum Gasteiger partial charge on any atom is -0.351 e. The fraction of sp³-hybridized carbons (Fsp3) is 0.0667. The molecule has 0 fully saturated rings. The number of aromatic nitrogens is 2. The van der Waals surface area contributed by atoms with Gasteiger partial charge in [0.25, 0.3) is 5.91 Å². The molecule has 22 heavy (non-hydrogen) atoms. The quantitative estimate of drug-likeness (QED) is 0.756. The molecule has 0 aliphatic heterocycles. The van der Waals surface area contributed by atoms with Crippen LogP contribution in [0, 0.1) is 0 Å². The van der Waals surface area contributed by atoms with E-state index in [1.807, 2.05) is 0 Å². The second-order valence-corrected chi connectivity index (χ2v) is 4.65. The van der Waals surface area contributed by atoms with E-state index in [9.17, 15) is 18.0 Å². The number of halogens is 3. The number of alkyl halides is 3. The second kappa shape index (κ2) is 5.18. The van der Waals surface area contributed by atoms with E-state index in [1.165, 1.54) is 24.4 Å². The van der Waals surface area contributed by atoms with Gasteiger partial charge in [-0.3, -0.25) is 9.78 Å². The van der Waals surface area contributed by atoms with Crippen molar-refractivity contribution in [2.75, 3.05) is 5.32 Å². The van der Waals surface area contributed by atoms with E-state index in [4.69, 9.17) is 0 Å². The van der Waals surface area contributed by atoms with E-state index < -0.39 is 17.8 Å². The summed E-state index contributed by atoms with van der Waals surface area (Å²) in [5.74, 6) is -0.425. The molecular formula is C15H10F3N3O. The zero-order chi connectivity index (χ0) is 15.7. The van der Waals surface area contributed by atoms with Crippen molar-refractivity contribution in [3.8, 4) is 0 Å². The van der Waals surface area contributed by atoms with Crippen LogP contribution in [0.25, 0.3) is 10.9 Å². The van der Waals surface area contributed by atoms with E-state index in [1.54, 1.807) is 18.2 Å². The summed E-state index contributed by atoms with van der Waals surface area (Å²) < 4.78 is 37.9. The molecule has 0 spiro atoms. The smallest absolute Gasteiger partial charge is 0.351 e. The van der Waals surface area contributed by atoms with Gasteiger partial charge in [-0.2, -0.15) is 13.2 Å². The number of rotatable bonds is 2. The largest absolute Gasteiger partial charge is 0.431 e. The van der Waals surface area contributed by atoms with Crippen LogP contribution in [0.5, 0.6) is 0 Å². The lowest BCUT2D eigenvalue weighted by atomic mass is 10.2. The molecule has 1 aromatic carbocycles. The Balaban J connectivity index is 1.88. The number of hydrogen-bond acceptors (Lipinski definition) is 2. The summed E-state index contributed by atoms with van der Waals surface area (Å²) in [7, 11) is 0. The van der Waals surface area contributed by atoms with Gasteiger partial charge in [0.2, 0.25) is 0 Å². The van der Waals surface area contributed by atoms with Crippen LogP contribution in [-0.2, 0) is 6.18 Å². The third-order valence-electron chi connectivity index (χ3n) is 3.08. The topological polar surface area (TPSA) is 57.8 Å². The SMILES string of the molecule is O=C(Nc1ccc2[nH]c(C(F)(F)F)cc2c1)c1ccccn1. The molecule has 0 aliphatic rings. The summed E-state index contributed by atoms with van der Waals surface area (Å²) in [6.07, 6.45) is -2.95. The monoisotopic (exact) mass is 305 g/mol. The highest BCUT2D eigenvalue weighted by Crippen LogP contribution is 2.31. The molecule has 0 atom stereocenters. The molecule has 2 N–H and O–H groups in total. The van der Waals surface area contributed by atoms with E-state index in [0.717, 1.165) is 6.07 Å². The minimum absolute atomic E-state index is 0.229. The van der Waals surface area contributed by atoms with Crippen molar-refractivity contribution in [2.24, 2.45) is 0 Å². The van der Waals surface area contributed by atoms with Crippen molar-refractivity contribution < 1.29 is 18.0 Å². The Bertz CT molecular complexity index is 825. The molecule has 0 saturated heterocycles. The van der Waals surface area contributed by atoms with Gasteiger partial charge < -0.3 is 10.3 Å². The molecule has 0 bridgehead atoms. The predicted octanol–water partition coefficient (Wildman–Crippen LogP) is 3.83. The fourth-order valence-electron chi connectivity index (χ4n) is 2.06. The van der Waals surface area contributed by atoms with E-state index >= 15 is 0 Å². The van der Waals surface area contributed by atoms with Crippen LogP contribution in [-0.4, -0.2) is 15.9 Å². The standard InChI is InChI=1S/C15H10F3N3O/c16-15(17,18)13-8-9-7-10(4-5-11(9)21-13)20-14(22)12-3-1-2-6-19-12/h1-8,21H,(H,20,22). The number of hydrogen-bond donors (Lipinski definition) is 2. The number of nitrogens with zero attached hydrogens (tertiary/aromatic N) is 1. The summed E-state index contributed by atoms with van der Waals surface area (Å²) in [5, 5.41) is 2.97. The number of benzene rings is 1. The number of H-pyrrole nitrogens is 1. The molecule has 3 rings (SSSR count). The normalized spacial score (nSPS) is 11.6. The van der Waals surface area contributed by atoms with Gasteiger partial charge in [-0.05, 0) is 36.4 Å². The maximum Gasteiger partial charge on any atom is 0.431 e. The number of carbonyl (C=O) groups is 1. The van der Waals surface area contributed by atoms with Crippen molar-refractivity contribution in [2.45, 2.75) is 6.18 Å². The lowest BCUT2D eigenvalue weighted by Gasteiger charge is -2.04. The molecule has 3 aromatic rings. The van der Waals surface area contributed by atoms with Gasteiger partial charge >= 0.3 is 6.18 Å². The Kier molecular flexibility index (Phi) is 3.32. The van der Waals surface area contributed by atoms with Crippen molar-refractivity contribution in [3.63, 3.8) is 0 Å². The van der Waals surface area contributed by atoms with E-state index in [0.29, 0.717) is 16.6 Å². The van der Waals surface area contributed by atoms with Crippen LogP contribution in [0.4, 0.5) is 18.9 Å². The minimum atomic E-state index is -4.43. The van der Waals surface area contributed by atoms with Crippen LogP contribution < -0.4 is 5.32 Å². The van der Waals surface area contributed by atoms with Crippen LogP contribution >= 0.6 is 0 Å². The van der Waals surface area contributed by atoms with Gasteiger partial charge in [0.15, 0.2) is 0 Å². The van der Waals surface area contributed by atoms with Crippen molar-refractivity contribution in [3.05, 3.63) is 60.0 Å². The Morgan fingerprint density at radius 2 is 1.95 bits per heavy atom. The molecule has 0 saturated carbocycles. The molecule has 0 radical (unpaired) electrons. The number of fused-ring (bicyclic) bond motifs is 1. The Labute approximate surface area is 123 Å². The molecule has 4 nitrogen and oxygen atoms in total. The van der Waals surface area contributed by atoms with Gasteiger partial charge in [0, 0.05) is 22.8 Å². The van der Waals surface area contributed by atoms with Gasteiger partial charge in [0.05, 0.1) is 0 Å². The van der Waals surface area contributed by atoms with Crippen molar-refractivity contribution in [1.29, 1.82) is 0 Å². The lowest BCUT2D eigenvalue weighted by molar-refractivity contribution is -0.140. The Morgan fingerprint density at radius 1 is 1.14 bits per heavy atom. The number of carbonyl (C=O) groups excluding carboxylic acids is 1. The van der Waals surface area contributed by atoms with Gasteiger partial charge in [-0.25, -0.2) is 0 Å². The zero-order valence-electron chi connectivity index (χ0n) is 11.1. The zero-order valence-corrected chi connectivity index (χ0v) is 11.1. The highest BCUT2D eigenvalue weighted by atomic mass is 19.4. The lowest BCUT2D eigenvalue weighted by Crippen LogP contribution is -2.13.